The monoisotopic (exact) mass is 368 g/mol. The zero-order valence-electron chi connectivity index (χ0n) is 16.3. The molecule has 1 N–H and O–H groups in total. The quantitative estimate of drug-likeness (QED) is 0.691. The Hall–Kier alpha value is -2.82. The van der Waals surface area contributed by atoms with E-state index in [1.165, 1.54) is 5.56 Å². The lowest BCUT2D eigenvalue weighted by Crippen LogP contribution is -2.46. The summed E-state index contributed by atoms with van der Waals surface area (Å²) in [5.74, 6) is 0.575. The summed E-state index contributed by atoms with van der Waals surface area (Å²) in [7, 11) is 1.58. The van der Waals surface area contributed by atoms with Gasteiger partial charge in [0, 0.05) is 20.0 Å². The van der Waals surface area contributed by atoms with Crippen molar-refractivity contribution >= 4 is 11.8 Å². The Kier molecular flexibility index (Phi) is 7.86. The van der Waals surface area contributed by atoms with Crippen LogP contribution in [0.4, 0.5) is 0 Å². The molecule has 0 heterocycles. The molecule has 0 unspecified atom stereocenters. The molecule has 0 radical (unpaired) electrons. The second-order valence-corrected chi connectivity index (χ2v) is 6.56. The van der Waals surface area contributed by atoms with Crippen LogP contribution in [0.25, 0.3) is 0 Å². The van der Waals surface area contributed by atoms with Gasteiger partial charge in [-0.15, -0.1) is 0 Å². The molecule has 0 bridgehead atoms. The highest BCUT2D eigenvalue weighted by molar-refractivity contribution is 5.87. The van der Waals surface area contributed by atoms with Crippen LogP contribution in [0.5, 0.6) is 5.75 Å². The Morgan fingerprint density at radius 3 is 2.37 bits per heavy atom. The number of nitrogens with one attached hydrogen (secondary N) is 1. The normalized spacial score (nSPS) is 11.5. The Bertz CT molecular complexity index is 729. The van der Waals surface area contributed by atoms with Gasteiger partial charge in [0.25, 0.3) is 0 Å². The number of aryl methyl sites for hydroxylation is 1. The van der Waals surface area contributed by atoms with Crippen LogP contribution in [-0.2, 0) is 16.1 Å². The lowest BCUT2D eigenvalue weighted by molar-refractivity contribution is -0.140. The van der Waals surface area contributed by atoms with E-state index in [1.54, 1.807) is 18.9 Å². The van der Waals surface area contributed by atoms with Crippen molar-refractivity contribution in [3.63, 3.8) is 0 Å². The molecule has 1 atom stereocenters. The fourth-order valence-electron chi connectivity index (χ4n) is 2.76. The van der Waals surface area contributed by atoms with Gasteiger partial charge in [0.05, 0.1) is 6.61 Å². The molecule has 0 saturated carbocycles. The summed E-state index contributed by atoms with van der Waals surface area (Å²) in [6.45, 7) is 4.65. The van der Waals surface area contributed by atoms with E-state index < -0.39 is 6.04 Å². The number of nitrogens with zero attached hydrogens (tertiary/aromatic N) is 1. The number of carbonyl (C=O) groups is 2. The second kappa shape index (κ2) is 10.4. The van der Waals surface area contributed by atoms with Gasteiger partial charge >= 0.3 is 0 Å². The van der Waals surface area contributed by atoms with E-state index in [4.69, 9.17) is 4.74 Å². The van der Waals surface area contributed by atoms with Crippen molar-refractivity contribution in [1.29, 1.82) is 0 Å². The molecule has 5 heteroatoms. The number of amides is 2. The second-order valence-electron chi connectivity index (χ2n) is 6.56. The summed E-state index contributed by atoms with van der Waals surface area (Å²) in [5.41, 5.74) is 2.18. The Morgan fingerprint density at radius 1 is 1.07 bits per heavy atom. The lowest BCUT2D eigenvalue weighted by Gasteiger charge is -2.28. The van der Waals surface area contributed by atoms with E-state index in [9.17, 15) is 9.59 Å². The highest BCUT2D eigenvalue weighted by Crippen LogP contribution is 2.14. The largest absolute Gasteiger partial charge is 0.494 e. The maximum absolute atomic E-state index is 12.8. The van der Waals surface area contributed by atoms with E-state index in [1.807, 2.05) is 61.5 Å². The van der Waals surface area contributed by atoms with Gasteiger partial charge in [-0.1, -0.05) is 48.0 Å². The van der Waals surface area contributed by atoms with Crippen molar-refractivity contribution in [2.45, 2.75) is 39.3 Å². The van der Waals surface area contributed by atoms with Gasteiger partial charge in [0.1, 0.15) is 11.8 Å². The van der Waals surface area contributed by atoms with E-state index in [2.05, 4.69) is 5.32 Å². The standard InChI is InChI=1S/C22H28N2O3/c1-17-11-13-20(14-12-17)27-15-7-10-21(25)24(18(2)22(26)23-3)16-19-8-5-4-6-9-19/h4-6,8-9,11-14,18H,7,10,15-16H2,1-3H3,(H,23,26)/t18-/m1/s1. The summed E-state index contributed by atoms with van der Waals surface area (Å²) >= 11 is 0. The van der Waals surface area contributed by atoms with Crippen molar-refractivity contribution in [1.82, 2.24) is 10.2 Å². The fourth-order valence-corrected chi connectivity index (χ4v) is 2.76. The number of rotatable bonds is 9. The summed E-state index contributed by atoms with van der Waals surface area (Å²) in [6.07, 6.45) is 0.929. The summed E-state index contributed by atoms with van der Waals surface area (Å²) < 4.78 is 5.69. The third-order valence-electron chi connectivity index (χ3n) is 4.43. The molecule has 0 aliphatic carbocycles. The zero-order chi connectivity index (χ0) is 19.6. The molecule has 2 rings (SSSR count). The number of hydrogen-bond acceptors (Lipinski definition) is 3. The predicted molar refractivity (Wildman–Crippen MR) is 106 cm³/mol. The van der Waals surface area contributed by atoms with Crippen LogP contribution >= 0.6 is 0 Å². The SMILES string of the molecule is CNC(=O)[C@@H](C)N(Cc1ccccc1)C(=O)CCCOc1ccc(C)cc1. The van der Waals surface area contributed by atoms with Crippen molar-refractivity contribution in [2.24, 2.45) is 0 Å². The number of benzene rings is 2. The number of carbonyl (C=O) groups excluding carboxylic acids is 2. The van der Waals surface area contributed by atoms with E-state index >= 15 is 0 Å². The van der Waals surface area contributed by atoms with Crippen LogP contribution in [0.3, 0.4) is 0 Å². The van der Waals surface area contributed by atoms with Gasteiger partial charge in [-0.3, -0.25) is 9.59 Å². The van der Waals surface area contributed by atoms with Gasteiger partial charge in [0.15, 0.2) is 0 Å². The first kappa shape index (κ1) is 20.5. The van der Waals surface area contributed by atoms with Crippen LogP contribution < -0.4 is 10.1 Å². The Morgan fingerprint density at radius 2 is 1.74 bits per heavy atom. The molecule has 0 spiro atoms. The molecule has 144 valence electrons. The molecule has 0 fully saturated rings. The van der Waals surface area contributed by atoms with Crippen LogP contribution in [0.2, 0.25) is 0 Å². The average molecular weight is 368 g/mol. The lowest BCUT2D eigenvalue weighted by atomic mass is 10.1. The maximum atomic E-state index is 12.8. The van der Waals surface area contributed by atoms with E-state index in [0.29, 0.717) is 26.0 Å². The highest BCUT2D eigenvalue weighted by atomic mass is 16.5. The van der Waals surface area contributed by atoms with Crippen LogP contribution in [-0.4, -0.2) is 36.4 Å². The van der Waals surface area contributed by atoms with Crippen LogP contribution in [0.1, 0.15) is 30.9 Å². The van der Waals surface area contributed by atoms with Gasteiger partial charge < -0.3 is 15.0 Å². The van der Waals surface area contributed by atoms with E-state index in [0.717, 1.165) is 11.3 Å². The fraction of sp³-hybridized carbons (Fsp3) is 0.364. The molecule has 0 aliphatic heterocycles. The summed E-state index contributed by atoms with van der Waals surface area (Å²) in [5, 5.41) is 2.62. The van der Waals surface area contributed by atoms with Crippen molar-refractivity contribution in [2.75, 3.05) is 13.7 Å². The van der Waals surface area contributed by atoms with Gasteiger partial charge in [0.2, 0.25) is 11.8 Å². The minimum Gasteiger partial charge on any atom is -0.494 e. The third-order valence-corrected chi connectivity index (χ3v) is 4.43. The predicted octanol–water partition coefficient (Wildman–Crippen LogP) is 3.32. The molecule has 5 nitrogen and oxygen atoms in total. The van der Waals surface area contributed by atoms with Crippen LogP contribution in [0.15, 0.2) is 54.6 Å². The van der Waals surface area contributed by atoms with Crippen LogP contribution in [0, 0.1) is 6.92 Å². The first-order valence-corrected chi connectivity index (χ1v) is 9.25. The molecule has 0 saturated heterocycles. The third kappa shape index (κ3) is 6.44. The number of ether oxygens (including phenoxy) is 1. The minimum atomic E-state index is -0.527. The molecule has 2 aromatic carbocycles. The van der Waals surface area contributed by atoms with Crippen molar-refractivity contribution < 1.29 is 14.3 Å². The molecule has 2 aromatic rings. The Balaban J connectivity index is 1.92. The van der Waals surface area contributed by atoms with Crippen molar-refractivity contribution in [3.05, 3.63) is 65.7 Å². The van der Waals surface area contributed by atoms with Crippen molar-refractivity contribution in [3.8, 4) is 5.75 Å². The molecular weight excluding hydrogens is 340 g/mol. The number of likely N-dealkylation sites (N-methyl/N-ethyl adjacent to an activating group) is 1. The highest BCUT2D eigenvalue weighted by Gasteiger charge is 2.24. The van der Waals surface area contributed by atoms with Gasteiger partial charge in [-0.05, 0) is 38.0 Å². The zero-order valence-corrected chi connectivity index (χ0v) is 16.3. The molecule has 0 aliphatic rings. The topological polar surface area (TPSA) is 58.6 Å². The Labute approximate surface area is 161 Å². The van der Waals surface area contributed by atoms with E-state index in [-0.39, 0.29) is 11.8 Å². The summed E-state index contributed by atoms with van der Waals surface area (Å²) in [6, 6.07) is 17.0. The smallest absolute Gasteiger partial charge is 0.242 e. The van der Waals surface area contributed by atoms with Gasteiger partial charge in [-0.25, -0.2) is 0 Å². The molecule has 27 heavy (non-hydrogen) atoms. The number of hydrogen-bond donors (Lipinski definition) is 1. The molecular formula is C22H28N2O3. The molecule has 2 amide bonds. The first-order chi connectivity index (χ1) is 13.0. The summed E-state index contributed by atoms with van der Waals surface area (Å²) in [4.78, 5) is 26.4. The average Bonchev–Trinajstić information content (AvgIpc) is 2.70. The molecule has 0 aromatic heterocycles. The maximum Gasteiger partial charge on any atom is 0.242 e. The minimum absolute atomic E-state index is 0.0533. The first-order valence-electron chi connectivity index (χ1n) is 9.25. The van der Waals surface area contributed by atoms with Gasteiger partial charge in [-0.2, -0.15) is 0 Å².